The van der Waals surface area contributed by atoms with Gasteiger partial charge in [0.1, 0.15) is 28.3 Å². The van der Waals surface area contributed by atoms with Crippen LogP contribution in [-0.4, -0.2) is 33.1 Å². The number of sulfonamides is 1. The fourth-order valence-corrected chi connectivity index (χ4v) is 4.02. The Morgan fingerprint density at radius 1 is 1.17 bits per heavy atom. The second kappa shape index (κ2) is 9.52. The molecular formula is C21H21FN4O3S. The molecule has 0 radical (unpaired) electrons. The molecule has 9 heteroatoms. The van der Waals surface area contributed by atoms with E-state index in [4.69, 9.17) is 4.74 Å². The summed E-state index contributed by atoms with van der Waals surface area (Å²) in [4.78, 5) is 4.09. The number of aromatic nitrogens is 1. The predicted molar refractivity (Wildman–Crippen MR) is 112 cm³/mol. The van der Waals surface area contributed by atoms with Gasteiger partial charge in [-0.05, 0) is 49.7 Å². The molecule has 0 fully saturated rings. The molecule has 0 saturated carbocycles. The van der Waals surface area contributed by atoms with Crippen molar-refractivity contribution in [3.05, 3.63) is 59.9 Å². The number of fused-ring (bicyclic) bond motifs is 1. The Balaban J connectivity index is 1.61. The topological polar surface area (TPSA) is 104 Å². The number of halogens is 1. The van der Waals surface area contributed by atoms with Crippen molar-refractivity contribution in [3.8, 4) is 11.8 Å². The summed E-state index contributed by atoms with van der Waals surface area (Å²) in [6, 6.07) is 14.5. The maximum Gasteiger partial charge on any atom is 0.243 e. The molecular weight excluding hydrogens is 407 g/mol. The third kappa shape index (κ3) is 5.03. The highest BCUT2D eigenvalue weighted by atomic mass is 32.2. The second-order valence-corrected chi connectivity index (χ2v) is 8.13. The van der Waals surface area contributed by atoms with Gasteiger partial charge in [-0.3, -0.25) is 0 Å². The summed E-state index contributed by atoms with van der Waals surface area (Å²) >= 11 is 0. The van der Waals surface area contributed by atoms with E-state index < -0.39 is 15.8 Å². The monoisotopic (exact) mass is 428 g/mol. The number of anilines is 1. The van der Waals surface area contributed by atoms with Crippen LogP contribution in [0.2, 0.25) is 0 Å². The number of ether oxygens (including phenoxy) is 1. The zero-order valence-corrected chi connectivity index (χ0v) is 17.2. The molecule has 0 amide bonds. The van der Waals surface area contributed by atoms with Crippen LogP contribution >= 0.6 is 0 Å². The summed E-state index contributed by atoms with van der Waals surface area (Å²) in [6.07, 6.45) is 0.418. The summed E-state index contributed by atoms with van der Waals surface area (Å²) in [6.45, 7) is 2.93. The van der Waals surface area contributed by atoms with Crippen LogP contribution < -0.4 is 14.8 Å². The van der Waals surface area contributed by atoms with Crippen molar-refractivity contribution in [2.45, 2.75) is 18.2 Å². The molecule has 0 aliphatic rings. The Kier molecular flexibility index (Phi) is 6.82. The van der Waals surface area contributed by atoms with Gasteiger partial charge in [-0.15, -0.1) is 0 Å². The normalized spacial score (nSPS) is 11.2. The van der Waals surface area contributed by atoms with Crippen molar-refractivity contribution >= 4 is 26.7 Å². The SMILES string of the molecule is CCOc1ccc2nc(NCCCNS(=O)(=O)c3ccccc3F)c(C#N)cc2c1. The minimum absolute atomic E-state index is 0.108. The number of nitriles is 1. The van der Waals surface area contributed by atoms with Crippen LogP contribution in [0.5, 0.6) is 5.75 Å². The minimum Gasteiger partial charge on any atom is -0.494 e. The van der Waals surface area contributed by atoms with Gasteiger partial charge in [-0.1, -0.05) is 12.1 Å². The number of nitrogens with one attached hydrogen (secondary N) is 2. The number of pyridine rings is 1. The molecule has 0 aliphatic carbocycles. The first-order valence-corrected chi connectivity index (χ1v) is 10.9. The standard InChI is InChI=1S/C21H21FN4O3S/c1-2-29-17-8-9-19-15(13-17)12-16(14-23)21(26-19)24-10-5-11-25-30(27,28)20-7-4-3-6-18(20)22/h3-4,6-9,12-13,25H,2,5,10-11H2,1H3,(H,24,26). The lowest BCUT2D eigenvalue weighted by Crippen LogP contribution is -2.27. The first kappa shape index (κ1) is 21.5. The Morgan fingerprint density at radius 2 is 1.97 bits per heavy atom. The van der Waals surface area contributed by atoms with E-state index in [0.717, 1.165) is 11.5 Å². The van der Waals surface area contributed by atoms with Crippen LogP contribution in [0.1, 0.15) is 18.9 Å². The molecule has 3 aromatic rings. The van der Waals surface area contributed by atoms with Crippen molar-refractivity contribution in [2.75, 3.05) is 25.0 Å². The molecule has 30 heavy (non-hydrogen) atoms. The van der Waals surface area contributed by atoms with E-state index in [2.05, 4.69) is 21.1 Å². The number of hydrogen-bond donors (Lipinski definition) is 2. The zero-order chi connectivity index (χ0) is 21.6. The van der Waals surface area contributed by atoms with E-state index in [1.165, 1.54) is 18.2 Å². The quantitative estimate of drug-likeness (QED) is 0.506. The van der Waals surface area contributed by atoms with Crippen LogP contribution in [0.3, 0.4) is 0 Å². The highest BCUT2D eigenvalue weighted by Gasteiger charge is 2.17. The van der Waals surface area contributed by atoms with Crippen molar-refractivity contribution < 1.29 is 17.5 Å². The smallest absolute Gasteiger partial charge is 0.243 e. The summed E-state index contributed by atoms with van der Waals surface area (Å²) in [7, 11) is -3.92. The van der Waals surface area contributed by atoms with Gasteiger partial charge in [-0.25, -0.2) is 22.5 Å². The Morgan fingerprint density at radius 3 is 2.70 bits per heavy atom. The molecule has 0 atom stereocenters. The largest absolute Gasteiger partial charge is 0.494 e. The van der Waals surface area contributed by atoms with Crippen molar-refractivity contribution in [1.82, 2.24) is 9.71 Å². The molecule has 2 N–H and O–H groups in total. The minimum atomic E-state index is -3.92. The lowest BCUT2D eigenvalue weighted by atomic mass is 10.1. The summed E-state index contributed by atoms with van der Waals surface area (Å²) < 4.78 is 45.9. The van der Waals surface area contributed by atoms with Gasteiger partial charge in [0.15, 0.2) is 0 Å². The first-order valence-electron chi connectivity index (χ1n) is 9.40. The molecule has 0 aliphatic heterocycles. The molecule has 7 nitrogen and oxygen atoms in total. The van der Waals surface area contributed by atoms with Crippen LogP contribution in [-0.2, 0) is 10.0 Å². The highest BCUT2D eigenvalue weighted by molar-refractivity contribution is 7.89. The fourth-order valence-electron chi connectivity index (χ4n) is 2.87. The van der Waals surface area contributed by atoms with E-state index >= 15 is 0 Å². The van der Waals surface area contributed by atoms with E-state index in [0.29, 0.717) is 42.2 Å². The number of rotatable bonds is 9. The number of hydrogen-bond acceptors (Lipinski definition) is 6. The average molecular weight is 428 g/mol. The van der Waals surface area contributed by atoms with Crippen LogP contribution in [0.15, 0.2) is 53.4 Å². The second-order valence-electron chi connectivity index (χ2n) is 6.39. The molecule has 3 rings (SSSR count). The van der Waals surface area contributed by atoms with Gasteiger partial charge in [0.25, 0.3) is 0 Å². The molecule has 0 spiro atoms. The van der Waals surface area contributed by atoms with Gasteiger partial charge in [0.05, 0.1) is 17.7 Å². The van der Waals surface area contributed by atoms with E-state index in [1.54, 1.807) is 6.07 Å². The van der Waals surface area contributed by atoms with Crippen LogP contribution in [0.4, 0.5) is 10.2 Å². The number of benzene rings is 2. The maximum atomic E-state index is 13.7. The maximum absolute atomic E-state index is 13.7. The van der Waals surface area contributed by atoms with Crippen LogP contribution in [0.25, 0.3) is 10.9 Å². The first-order chi connectivity index (χ1) is 14.4. The molecule has 1 heterocycles. The Labute approximate surface area is 174 Å². The Bertz CT molecular complexity index is 1190. The van der Waals surface area contributed by atoms with E-state index in [1.807, 2.05) is 25.1 Å². The third-order valence-corrected chi connectivity index (χ3v) is 5.78. The van der Waals surface area contributed by atoms with Gasteiger partial charge in [-0.2, -0.15) is 5.26 Å². The zero-order valence-electron chi connectivity index (χ0n) is 16.4. The van der Waals surface area contributed by atoms with Crippen molar-refractivity contribution in [2.24, 2.45) is 0 Å². The van der Waals surface area contributed by atoms with Crippen LogP contribution in [0, 0.1) is 17.1 Å². The Hall–Kier alpha value is -3.22. The molecule has 2 aromatic carbocycles. The van der Waals surface area contributed by atoms with E-state index in [9.17, 15) is 18.1 Å². The fraction of sp³-hybridized carbons (Fsp3) is 0.238. The summed E-state index contributed by atoms with van der Waals surface area (Å²) in [5.74, 6) is 0.333. The average Bonchev–Trinajstić information content (AvgIpc) is 2.73. The summed E-state index contributed by atoms with van der Waals surface area (Å²) in [5, 5.41) is 13.3. The van der Waals surface area contributed by atoms with Gasteiger partial charge in [0.2, 0.25) is 10.0 Å². The van der Waals surface area contributed by atoms with E-state index in [-0.39, 0.29) is 11.4 Å². The molecule has 1 aromatic heterocycles. The lowest BCUT2D eigenvalue weighted by molar-refractivity contribution is 0.340. The highest BCUT2D eigenvalue weighted by Crippen LogP contribution is 2.24. The predicted octanol–water partition coefficient (Wildman–Crippen LogP) is 3.42. The van der Waals surface area contributed by atoms with Gasteiger partial charge >= 0.3 is 0 Å². The van der Waals surface area contributed by atoms with Gasteiger partial charge in [0, 0.05) is 18.5 Å². The molecule has 0 saturated heterocycles. The van der Waals surface area contributed by atoms with Crippen molar-refractivity contribution in [1.29, 1.82) is 5.26 Å². The van der Waals surface area contributed by atoms with Gasteiger partial charge < -0.3 is 10.1 Å². The lowest BCUT2D eigenvalue weighted by Gasteiger charge is -2.11. The summed E-state index contributed by atoms with van der Waals surface area (Å²) in [5.41, 5.74) is 1.09. The molecule has 0 bridgehead atoms. The number of nitrogens with zero attached hydrogens (tertiary/aromatic N) is 2. The van der Waals surface area contributed by atoms with Crippen molar-refractivity contribution in [3.63, 3.8) is 0 Å². The molecule has 156 valence electrons. The molecule has 0 unspecified atom stereocenters. The third-order valence-electron chi connectivity index (χ3n) is 4.28.